The van der Waals surface area contributed by atoms with E-state index in [1.807, 2.05) is 35.1 Å². The number of aromatic nitrogens is 3. The Hall–Kier alpha value is -1.59. The lowest BCUT2D eigenvalue weighted by molar-refractivity contribution is 0.289. The summed E-state index contributed by atoms with van der Waals surface area (Å²) in [4.78, 5) is 0. The zero-order chi connectivity index (χ0) is 14.5. The summed E-state index contributed by atoms with van der Waals surface area (Å²) in [5, 5.41) is 12.4. The maximum absolute atomic E-state index is 5.83. The van der Waals surface area contributed by atoms with Crippen LogP contribution in [0.25, 0.3) is 0 Å². The van der Waals surface area contributed by atoms with E-state index in [4.69, 9.17) is 16.3 Å². The van der Waals surface area contributed by atoms with Crippen molar-refractivity contribution < 1.29 is 4.74 Å². The Balaban J connectivity index is 1.38. The second-order valence-electron chi connectivity index (χ2n) is 5.35. The van der Waals surface area contributed by atoms with Gasteiger partial charge in [-0.05, 0) is 49.6 Å². The first kappa shape index (κ1) is 14.4. The smallest absolute Gasteiger partial charge is 0.119 e. The van der Waals surface area contributed by atoms with E-state index < -0.39 is 0 Å². The number of hydrogen-bond acceptors (Lipinski definition) is 4. The second kappa shape index (κ2) is 6.91. The second-order valence-corrected chi connectivity index (χ2v) is 5.79. The number of ether oxygens (including phenoxy) is 1. The summed E-state index contributed by atoms with van der Waals surface area (Å²) < 4.78 is 7.44. The number of nitrogens with one attached hydrogen (secondary N) is 1. The predicted molar refractivity (Wildman–Crippen MR) is 81.4 cm³/mol. The van der Waals surface area contributed by atoms with Crippen molar-refractivity contribution in [1.29, 1.82) is 0 Å². The lowest BCUT2D eigenvalue weighted by Crippen LogP contribution is -2.16. The molecule has 0 amide bonds. The van der Waals surface area contributed by atoms with Gasteiger partial charge in [-0.2, -0.15) is 0 Å². The van der Waals surface area contributed by atoms with Gasteiger partial charge in [0.1, 0.15) is 12.4 Å². The van der Waals surface area contributed by atoms with Crippen molar-refractivity contribution in [2.45, 2.75) is 25.9 Å². The Morgan fingerprint density at radius 1 is 1.29 bits per heavy atom. The SMILES string of the molecule is Clc1ccc(OCCn2cc(CNCC3CC3)nn2)cc1. The third kappa shape index (κ3) is 4.72. The molecule has 0 saturated heterocycles. The van der Waals surface area contributed by atoms with Gasteiger partial charge in [0.25, 0.3) is 0 Å². The van der Waals surface area contributed by atoms with Gasteiger partial charge in [-0.1, -0.05) is 16.8 Å². The van der Waals surface area contributed by atoms with Crippen LogP contribution in [-0.4, -0.2) is 28.1 Å². The molecule has 21 heavy (non-hydrogen) atoms. The third-order valence-corrected chi connectivity index (χ3v) is 3.68. The minimum absolute atomic E-state index is 0.555. The van der Waals surface area contributed by atoms with Gasteiger partial charge in [0.15, 0.2) is 0 Å². The number of halogens is 1. The Bertz CT molecular complexity index is 565. The van der Waals surface area contributed by atoms with Gasteiger partial charge in [0, 0.05) is 17.8 Å². The monoisotopic (exact) mass is 306 g/mol. The fourth-order valence-electron chi connectivity index (χ4n) is 2.04. The van der Waals surface area contributed by atoms with E-state index in [-0.39, 0.29) is 0 Å². The molecule has 6 heteroatoms. The highest BCUT2D eigenvalue weighted by Crippen LogP contribution is 2.27. The van der Waals surface area contributed by atoms with Gasteiger partial charge in [-0.15, -0.1) is 5.10 Å². The fraction of sp³-hybridized carbons (Fsp3) is 0.467. The Kier molecular flexibility index (Phi) is 4.72. The number of nitrogens with zero attached hydrogens (tertiary/aromatic N) is 3. The van der Waals surface area contributed by atoms with Crippen molar-refractivity contribution in [2.24, 2.45) is 5.92 Å². The normalized spacial score (nSPS) is 14.3. The molecule has 0 bridgehead atoms. The zero-order valence-corrected chi connectivity index (χ0v) is 12.6. The van der Waals surface area contributed by atoms with Crippen molar-refractivity contribution >= 4 is 11.6 Å². The molecule has 2 aromatic rings. The van der Waals surface area contributed by atoms with Crippen LogP contribution in [0.4, 0.5) is 0 Å². The Labute approximate surface area is 129 Å². The van der Waals surface area contributed by atoms with Crippen LogP contribution >= 0.6 is 11.6 Å². The van der Waals surface area contributed by atoms with E-state index in [1.54, 1.807) is 0 Å². The van der Waals surface area contributed by atoms with Crippen molar-refractivity contribution in [2.75, 3.05) is 13.2 Å². The molecule has 0 radical (unpaired) electrons. The zero-order valence-electron chi connectivity index (χ0n) is 11.8. The molecule has 1 fully saturated rings. The quantitative estimate of drug-likeness (QED) is 0.814. The van der Waals surface area contributed by atoms with E-state index in [0.29, 0.717) is 18.2 Å². The maximum atomic E-state index is 5.83. The summed E-state index contributed by atoms with van der Waals surface area (Å²) in [7, 11) is 0. The van der Waals surface area contributed by atoms with Crippen LogP contribution in [-0.2, 0) is 13.1 Å². The van der Waals surface area contributed by atoms with Gasteiger partial charge in [-0.3, -0.25) is 0 Å². The van der Waals surface area contributed by atoms with Gasteiger partial charge in [0.05, 0.1) is 12.2 Å². The van der Waals surface area contributed by atoms with Gasteiger partial charge < -0.3 is 10.1 Å². The van der Waals surface area contributed by atoms with Crippen LogP contribution in [0.5, 0.6) is 5.75 Å². The molecule has 1 aliphatic rings. The summed E-state index contributed by atoms with van der Waals surface area (Å²) in [6.45, 7) is 3.11. The van der Waals surface area contributed by atoms with Crippen LogP contribution in [0.2, 0.25) is 5.02 Å². The summed E-state index contributed by atoms with van der Waals surface area (Å²) in [6.07, 6.45) is 4.69. The van der Waals surface area contributed by atoms with Gasteiger partial charge >= 0.3 is 0 Å². The molecule has 3 rings (SSSR count). The molecule has 112 valence electrons. The minimum Gasteiger partial charge on any atom is -0.492 e. The minimum atomic E-state index is 0.555. The number of rotatable bonds is 8. The van der Waals surface area contributed by atoms with Crippen LogP contribution in [0.15, 0.2) is 30.5 Å². The molecule has 1 aromatic carbocycles. The molecule has 5 nitrogen and oxygen atoms in total. The largest absolute Gasteiger partial charge is 0.492 e. The molecule has 1 N–H and O–H groups in total. The fourth-order valence-corrected chi connectivity index (χ4v) is 2.17. The van der Waals surface area contributed by atoms with Gasteiger partial charge in [-0.25, -0.2) is 4.68 Å². The highest BCUT2D eigenvalue weighted by atomic mass is 35.5. The molecule has 0 atom stereocenters. The first-order valence-corrected chi connectivity index (χ1v) is 7.65. The van der Waals surface area contributed by atoms with Crippen molar-refractivity contribution in [3.63, 3.8) is 0 Å². The maximum Gasteiger partial charge on any atom is 0.119 e. The lowest BCUT2D eigenvalue weighted by atomic mass is 10.3. The Morgan fingerprint density at radius 2 is 2.10 bits per heavy atom. The average molecular weight is 307 g/mol. The van der Waals surface area contributed by atoms with E-state index in [9.17, 15) is 0 Å². The average Bonchev–Trinajstić information content (AvgIpc) is 3.20. The standard InChI is InChI=1S/C15H19ClN4O/c16-13-3-5-15(6-4-13)21-8-7-20-11-14(18-19-20)10-17-9-12-1-2-12/h3-6,11-12,17H,1-2,7-10H2. The third-order valence-electron chi connectivity index (χ3n) is 3.42. The molecule has 0 unspecified atom stereocenters. The summed E-state index contributed by atoms with van der Waals surface area (Å²) in [5.41, 5.74) is 0.974. The lowest BCUT2D eigenvalue weighted by Gasteiger charge is -2.05. The summed E-state index contributed by atoms with van der Waals surface area (Å²) >= 11 is 5.83. The predicted octanol–water partition coefficient (Wildman–Crippen LogP) is 2.51. The highest BCUT2D eigenvalue weighted by molar-refractivity contribution is 6.30. The molecule has 1 saturated carbocycles. The molecule has 1 aromatic heterocycles. The van der Waals surface area contributed by atoms with Crippen LogP contribution in [0, 0.1) is 5.92 Å². The van der Waals surface area contributed by atoms with Crippen molar-refractivity contribution in [1.82, 2.24) is 20.3 Å². The number of hydrogen-bond donors (Lipinski definition) is 1. The topological polar surface area (TPSA) is 52.0 Å². The molecule has 0 spiro atoms. The summed E-state index contributed by atoms with van der Waals surface area (Å²) in [6, 6.07) is 7.35. The van der Waals surface area contributed by atoms with Crippen LogP contribution in [0.1, 0.15) is 18.5 Å². The van der Waals surface area contributed by atoms with Gasteiger partial charge in [0.2, 0.25) is 0 Å². The molecule has 1 heterocycles. The van der Waals surface area contributed by atoms with Crippen LogP contribution < -0.4 is 10.1 Å². The van der Waals surface area contributed by atoms with E-state index >= 15 is 0 Å². The van der Waals surface area contributed by atoms with Crippen molar-refractivity contribution in [3.05, 3.63) is 41.2 Å². The summed E-state index contributed by atoms with van der Waals surface area (Å²) in [5.74, 6) is 1.69. The highest BCUT2D eigenvalue weighted by Gasteiger charge is 2.20. The Morgan fingerprint density at radius 3 is 2.86 bits per heavy atom. The van der Waals surface area contributed by atoms with E-state index in [1.165, 1.54) is 12.8 Å². The molecule has 0 aliphatic heterocycles. The molecule has 1 aliphatic carbocycles. The first-order valence-electron chi connectivity index (χ1n) is 7.28. The first-order chi connectivity index (χ1) is 10.3. The van der Waals surface area contributed by atoms with E-state index in [0.717, 1.165) is 30.5 Å². The van der Waals surface area contributed by atoms with E-state index in [2.05, 4.69) is 15.6 Å². The van der Waals surface area contributed by atoms with Crippen LogP contribution in [0.3, 0.4) is 0 Å². The van der Waals surface area contributed by atoms with Crippen molar-refractivity contribution in [3.8, 4) is 5.75 Å². The molecular formula is C15H19ClN4O. The molecular weight excluding hydrogens is 288 g/mol. The number of benzene rings is 1.